The van der Waals surface area contributed by atoms with E-state index in [1.165, 1.54) is 11.8 Å². The zero-order valence-corrected chi connectivity index (χ0v) is 9.54. The molecular formula is C11H14O3S. The van der Waals surface area contributed by atoms with Crippen molar-refractivity contribution in [1.82, 2.24) is 0 Å². The molecule has 4 heteroatoms. The number of thioether (sulfide) groups is 1. The Morgan fingerprint density at radius 3 is 2.73 bits per heavy atom. The van der Waals surface area contributed by atoms with Crippen molar-refractivity contribution in [2.75, 3.05) is 6.61 Å². The number of hydrogen-bond donors (Lipinski definition) is 2. The molecule has 0 bridgehead atoms. The van der Waals surface area contributed by atoms with Gasteiger partial charge in [0.05, 0.1) is 12.2 Å². The van der Waals surface area contributed by atoms with Gasteiger partial charge in [-0.25, -0.2) is 4.79 Å². The molecule has 0 saturated carbocycles. The van der Waals surface area contributed by atoms with E-state index < -0.39 is 5.97 Å². The van der Waals surface area contributed by atoms with Gasteiger partial charge in [-0.05, 0) is 19.1 Å². The molecule has 0 spiro atoms. The smallest absolute Gasteiger partial charge is 0.336 e. The summed E-state index contributed by atoms with van der Waals surface area (Å²) in [5, 5.41) is 17.9. The Hall–Kier alpha value is -1.00. The first-order valence-corrected chi connectivity index (χ1v) is 5.54. The third-order valence-electron chi connectivity index (χ3n) is 1.95. The third-order valence-corrected chi connectivity index (χ3v) is 3.11. The summed E-state index contributed by atoms with van der Waals surface area (Å²) in [6, 6.07) is 5.31. The highest BCUT2D eigenvalue weighted by Crippen LogP contribution is 2.27. The SMILES string of the molecule is Cc1ccc(SC(C)CO)c(C(=O)O)c1. The first-order chi connectivity index (χ1) is 7.04. The van der Waals surface area contributed by atoms with Gasteiger partial charge in [-0.2, -0.15) is 0 Å². The number of hydrogen-bond acceptors (Lipinski definition) is 3. The van der Waals surface area contributed by atoms with Gasteiger partial charge >= 0.3 is 5.97 Å². The predicted octanol–water partition coefficient (Wildman–Crippen LogP) is 2.17. The summed E-state index contributed by atoms with van der Waals surface area (Å²) >= 11 is 1.38. The molecule has 0 heterocycles. The molecule has 2 N–H and O–H groups in total. The van der Waals surface area contributed by atoms with Crippen molar-refractivity contribution in [2.45, 2.75) is 24.0 Å². The van der Waals surface area contributed by atoms with Gasteiger partial charge in [-0.1, -0.05) is 18.6 Å². The van der Waals surface area contributed by atoms with E-state index in [0.29, 0.717) is 10.5 Å². The highest BCUT2D eigenvalue weighted by molar-refractivity contribution is 8.00. The van der Waals surface area contributed by atoms with Crippen LogP contribution in [-0.4, -0.2) is 28.0 Å². The molecule has 1 aromatic carbocycles. The molecule has 0 aliphatic carbocycles. The van der Waals surface area contributed by atoms with Crippen LogP contribution in [0.1, 0.15) is 22.8 Å². The second-order valence-corrected chi connectivity index (χ2v) is 4.90. The summed E-state index contributed by atoms with van der Waals surface area (Å²) in [4.78, 5) is 11.7. The standard InChI is InChI=1S/C11H14O3S/c1-7-3-4-10(15-8(2)6-12)9(5-7)11(13)14/h3-5,8,12H,6H2,1-2H3,(H,13,14). The Morgan fingerprint density at radius 2 is 2.20 bits per heavy atom. The number of carbonyl (C=O) groups is 1. The zero-order chi connectivity index (χ0) is 11.4. The first-order valence-electron chi connectivity index (χ1n) is 4.66. The van der Waals surface area contributed by atoms with Crippen LogP contribution >= 0.6 is 11.8 Å². The molecule has 15 heavy (non-hydrogen) atoms. The monoisotopic (exact) mass is 226 g/mol. The summed E-state index contributed by atoms with van der Waals surface area (Å²) < 4.78 is 0. The fraction of sp³-hybridized carbons (Fsp3) is 0.364. The molecule has 1 atom stereocenters. The fourth-order valence-corrected chi connectivity index (χ4v) is 2.10. The maximum absolute atomic E-state index is 11.0. The number of benzene rings is 1. The maximum atomic E-state index is 11.0. The number of aryl methyl sites for hydroxylation is 1. The number of aliphatic hydroxyl groups excluding tert-OH is 1. The lowest BCUT2D eigenvalue weighted by molar-refractivity contribution is 0.0693. The highest BCUT2D eigenvalue weighted by atomic mass is 32.2. The van der Waals surface area contributed by atoms with Gasteiger partial charge < -0.3 is 10.2 Å². The van der Waals surface area contributed by atoms with E-state index in [2.05, 4.69) is 0 Å². The lowest BCUT2D eigenvalue weighted by atomic mass is 10.1. The number of carboxylic acids is 1. The lowest BCUT2D eigenvalue weighted by Crippen LogP contribution is -2.05. The predicted molar refractivity (Wildman–Crippen MR) is 60.5 cm³/mol. The quantitative estimate of drug-likeness (QED) is 0.772. The minimum Gasteiger partial charge on any atom is -0.478 e. The third kappa shape index (κ3) is 3.25. The van der Waals surface area contributed by atoms with Crippen molar-refractivity contribution >= 4 is 17.7 Å². The van der Waals surface area contributed by atoms with Gasteiger partial charge in [0.1, 0.15) is 0 Å². The second kappa shape index (κ2) is 5.19. The Balaban J connectivity index is 3.01. The van der Waals surface area contributed by atoms with E-state index in [1.54, 1.807) is 12.1 Å². The minimum atomic E-state index is -0.925. The molecule has 1 aromatic rings. The largest absolute Gasteiger partial charge is 0.478 e. The van der Waals surface area contributed by atoms with Crippen molar-refractivity contribution in [1.29, 1.82) is 0 Å². The molecule has 0 saturated heterocycles. The molecule has 1 rings (SSSR count). The van der Waals surface area contributed by atoms with E-state index in [0.717, 1.165) is 5.56 Å². The van der Waals surface area contributed by atoms with Crippen LogP contribution in [0.2, 0.25) is 0 Å². The van der Waals surface area contributed by atoms with Crippen molar-refractivity contribution < 1.29 is 15.0 Å². The van der Waals surface area contributed by atoms with Gasteiger partial charge in [0.2, 0.25) is 0 Å². The average Bonchev–Trinajstić information content (AvgIpc) is 2.20. The number of carboxylic acid groups (broad SMARTS) is 1. The normalized spacial score (nSPS) is 12.5. The fourth-order valence-electron chi connectivity index (χ4n) is 1.17. The van der Waals surface area contributed by atoms with Gasteiger partial charge in [0.15, 0.2) is 0 Å². The summed E-state index contributed by atoms with van der Waals surface area (Å²) in [5.41, 5.74) is 1.23. The van der Waals surface area contributed by atoms with Crippen LogP contribution < -0.4 is 0 Å². The molecule has 0 aromatic heterocycles. The van der Waals surface area contributed by atoms with Gasteiger partial charge in [-0.3, -0.25) is 0 Å². The Labute approximate surface area is 93.1 Å². The summed E-state index contributed by atoms with van der Waals surface area (Å²) in [7, 11) is 0. The molecule has 0 amide bonds. The first kappa shape index (κ1) is 12.1. The molecule has 3 nitrogen and oxygen atoms in total. The molecule has 0 radical (unpaired) electrons. The van der Waals surface area contributed by atoms with E-state index in [9.17, 15) is 4.79 Å². The molecule has 82 valence electrons. The molecule has 0 aliphatic rings. The van der Waals surface area contributed by atoms with Crippen LogP contribution in [0, 0.1) is 6.92 Å². The van der Waals surface area contributed by atoms with Gasteiger partial charge in [0, 0.05) is 10.1 Å². The Morgan fingerprint density at radius 1 is 1.53 bits per heavy atom. The Bertz CT molecular complexity index is 363. The second-order valence-electron chi connectivity index (χ2n) is 3.42. The van der Waals surface area contributed by atoms with Gasteiger partial charge in [0.25, 0.3) is 0 Å². The summed E-state index contributed by atoms with van der Waals surface area (Å²) in [5.74, 6) is -0.925. The molecule has 0 aliphatic heterocycles. The lowest BCUT2D eigenvalue weighted by Gasteiger charge is -2.10. The Kier molecular flexibility index (Phi) is 4.17. The summed E-state index contributed by atoms with van der Waals surface area (Å²) in [6.45, 7) is 3.75. The van der Waals surface area contributed by atoms with Crippen molar-refractivity contribution in [3.63, 3.8) is 0 Å². The van der Waals surface area contributed by atoms with Crippen LogP contribution in [0.25, 0.3) is 0 Å². The van der Waals surface area contributed by atoms with Crippen LogP contribution in [-0.2, 0) is 0 Å². The number of aromatic carboxylic acids is 1. The van der Waals surface area contributed by atoms with Gasteiger partial charge in [-0.15, -0.1) is 11.8 Å². The van der Waals surface area contributed by atoms with Crippen LogP contribution in [0.15, 0.2) is 23.1 Å². The zero-order valence-electron chi connectivity index (χ0n) is 8.73. The maximum Gasteiger partial charge on any atom is 0.336 e. The average molecular weight is 226 g/mol. The van der Waals surface area contributed by atoms with E-state index >= 15 is 0 Å². The van der Waals surface area contributed by atoms with Crippen molar-refractivity contribution in [3.05, 3.63) is 29.3 Å². The van der Waals surface area contributed by atoms with Crippen LogP contribution in [0.3, 0.4) is 0 Å². The number of aliphatic hydroxyl groups is 1. The van der Waals surface area contributed by atoms with E-state index in [1.807, 2.05) is 19.9 Å². The van der Waals surface area contributed by atoms with Crippen LogP contribution in [0.5, 0.6) is 0 Å². The minimum absolute atomic E-state index is 0.00538. The van der Waals surface area contributed by atoms with Crippen molar-refractivity contribution in [2.24, 2.45) is 0 Å². The molecule has 1 unspecified atom stereocenters. The number of rotatable bonds is 4. The summed E-state index contributed by atoms with van der Waals surface area (Å²) in [6.07, 6.45) is 0. The topological polar surface area (TPSA) is 57.5 Å². The highest BCUT2D eigenvalue weighted by Gasteiger charge is 2.12. The van der Waals surface area contributed by atoms with E-state index in [4.69, 9.17) is 10.2 Å². The molecular weight excluding hydrogens is 212 g/mol. The van der Waals surface area contributed by atoms with Crippen LogP contribution in [0.4, 0.5) is 0 Å². The molecule has 0 fully saturated rings. The van der Waals surface area contributed by atoms with E-state index in [-0.39, 0.29) is 11.9 Å². The van der Waals surface area contributed by atoms with Crippen molar-refractivity contribution in [3.8, 4) is 0 Å².